The first kappa shape index (κ1) is 14.3. The highest BCUT2D eigenvalue weighted by Crippen LogP contribution is 2.28. The maximum atomic E-state index is 12.2. The molecule has 0 aromatic heterocycles. The molecule has 1 N–H and O–H groups in total. The van der Waals surface area contributed by atoms with E-state index in [1.54, 1.807) is 12.1 Å². The average Bonchev–Trinajstić information content (AvgIpc) is 2.48. The van der Waals surface area contributed by atoms with Crippen molar-refractivity contribution < 1.29 is 14.7 Å². The summed E-state index contributed by atoms with van der Waals surface area (Å²) in [5.74, 6) is -0.858. The molecule has 1 aromatic rings. The number of aliphatic carboxylic acids is 1. The minimum atomic E-state index is -0.848. The first-order valence-electron chi connectivity index (χ1n) is 6.80. The molecule has 0 saturated carbocycles. The first-order chi connectivity index (χ1) is 9.66. The lowest BCUT2D eigenvalue weighted by atomic mass is 9.81. The van der Waals surface area contributed by atoms with Crippen molar-refractivity contribution >= 4 is 11.8 Å². The van der Waals surface area contributed by atoms with Gasteiger partial charge in [0.15, 0.2) is 5.78 Å². The highest BCUT2D eigenvalue weighted by Gasteiger charge is 2.25. The van der Waals surface area contributed by atoms with E-state index >= 15 is 0 Å². The van der Waals surface area contributed by atoms with Gasteiger partial charge in [0.05, 0.1) is 0 Å². The summed E-state index contributed by atoms with van der Waals surface area (Å²) in [5, 5.41) is 9.04. The zero-order chi connectivity index (χ0) is 14.4. The van der Waals surface area contributed by atoms with E-state index in [4.69, 9.17) is 5.11 Å². The second-order valence-corrected chi connectivity index (χ2v) is 5.06. The van der Waals surface area contributed by atoms with Gasteiger partial charge in [-0.1, -0.05) is 54.6 Å². The number of ketones is 1. The van der Waals surface area contributed by atoms with E-state index in [1.165, 1.54) is 0 Å². The van der Waals surface area contributed by atoms with Gasteiger partial charge < -0.3 is 5.11 Å². The molecular formula is C17H18O3. The third kappa shape index (κ3) is 3.92. The van der Waals surface area contributed by atoms with Crippen LogP contribution in [0.1, 0.15) is 29.6 Å². The van der Waals surface area contributed by atoms with Gasteiger partial charge in [-0.15, -0.1) is 0 Å². The van der Waals surface area contributed by atoms with Gasteiger partial charge in [-0.25, -0.2) is 0 Å². The minimum Gasteiger partial charge on any atom is -0.481 e. The molecule has 0 heterocycles. The van der Waals surface area contributed by atoms with Crippen molar-refractivity contribution in [2.24, 2.45) is 11.8 Å². The summed E-state index contributed by atoms with van der Waals surface area (Å²) in [6.45, 7) is 0. The molecule has 1 aromatic carbocycles. The Labute approximate surface area is 118 Å². The molecule has 3 nitrogen and oxygen atoms in total. The van der Waals surface area contributed by atoms with Gasteiger partial charge in [-0.3, -0.25) is 9.59 Å². The lowest BCUT2D eigenvalue weighted by Crippen LogP contribution is -2.21. The normalized spacial score (nSPS) is 18.7. The average molecular weight is 270 g/mol. The lowest BCUT2D eigenvalue weighted by molar-refractivity contribution is -0.138. The summed E-state index contributed by atoms with van der Waals surface area (Å²) in [6.07, 6.45) is 9.01. The largest absolute Gasteiger partial charge is 0.481 e. The minimum absolute atomic E-state index is 0.0137. The van der Waals surface area contributed by atoms with Crippen molar-refractivity contribution in [2.75, 3.05) is 0 Å². The number of hydrogen-bond acceptors (Lipinski definition) is 2. The number of carboxylic acids is 1. The van der Waals surface area contributed by atoms with Crippen LogP contribution < -0.4 is 0 Å². The van der Waals surface area contributed by atoms with Crippen molar-refractivity contribution in [3.05, 3.63) is 60.2 Å². The molecule has 2 unspecified atom stereocenters. The fourth-order valence-electron chi connectivity index (χ4n) is 2.53. The number of carboxylic acid groups (broad SMARTS) is 1. The van der Waals surface area contributed by atoms with Crippen LogP contribution in [0.25, 0.3) is 0 Å². The Morgan fingerprint density at radius 2 is 1.90 bits per heavy atom. The quantitative estimate of drug-likeness (QED) is 0.805. The molecule has 0 bridgehead atoms. The van der Waals surface area contributed by atoms with E-state index in [2.05, 4.69) is 0 Å². The standard InChI is InChI=1S/C17H18O3/c18-16(14-9-5-2-6-10-14)11-15(12-17(19)20)13-7-3-1-4-8-13/h1-7,9-10,13,15H,8,11-12H2,(H,19,20). The van der Waals surface area contributed by atoms with E-state index in [-0.39, 0.29) is 30.5 Å². The third-order valence-electron chi connectivity index (χ3n) is 3.60. The third-order valence-corrected chi connectivity index (χ3v) is 3.60. The Morgan fingerprint density at radius 3 is 2.50 bits per heavy atom. The predicted molar refractivity (Wildman–Crippen MR) is 77.5 cm³/mol. The van der Waals surface area contributed by atoms with Crippen molar-refractivity contribution in [2.45, 2.75) is 19.3 Å². The number of carbonyl (C=O) groups is 2. The van der Waals surface area contributed by atoms with Crippen LogP contribution in [-0.4, -0.2) is 16.9 Å². The first-order valence-corrected chi connectivity index (χ1v) is 6.80. The monoisotopic (exact) mass is 270 g/mol. The summed E-state index contributed by atoms with van der Waals surface area (Å²) in [6, 6.07) is 9.05. The Morgan fingerprint density at radius 1 is 1.15 bits per heavy atom. The van der Waals surface area contributed by atoms with Gasteiger partial charge in [0.1, 0.15) is 0 Å². The van der Waals surface area contributed by atoms with Gasteiger partial charge in [0.25, 0.3) is 0 Å². The predicted octanol–water partition coefficient (Wildman–Crippen LogP) is 3.48. The number of hydrogen-bond donors (Lipinski definition) is 1. The van der Waals surface area contributed by atoms with Crippen LogP contribution >= 0.6 is 0 Å². The zero-order valence-corrected chi connectivity index (χ0v) is 11.2. The second-order valence-electron chi connectivity index (χ2n) is 5.06. The van der Waals surface area contributed by atoms with E-state index in [1.807, 2.05) is 42.5 Å². The SMILES string of the molecule is O=C(O)CC(CC(=O)c1ccccc1)C1C=CC=CC1. The summed E-state index contributed by atoms with van der Waals surface area (Å²) in [4.78, 5) is 23.3. The van der Waals surface area contributed by atoms with Gasteiger partial charge in [0.2, 0.25) is 0 Å². The van der Waals surface area contributed by atoms with E-state index < -0.39 is 5.97 Å². The highest BCUT2D eigenvalue weighted by atomic mass is 16.4. The summed E-state index contributed by atoms with van der Waals surface area (Å²) >= 11 is 0. The Balaban J connectivity index is 2.07. The summed E-state index contributed by atoms with van der Waals surface area (Å²) in [7, 11) is 0. The fourth-order valence-corrected chi connectivity index (χ4v) is 2.53. The molecule has 0 amide bonds. The van der Waals surface area contributed by atoms with Crippen LogP contribution in [0.4, 0.5) is 0 Å². The molecule has 1 aliphatic rings. The van der Waals surface area contributed by atoms with Gasteiger partial charge in [0, 0.05) is 18.4 Å². The second kappa shape index (κ2) is 6.85. The fraction of sp³-hybridized carbons (Fsp3) is 0.294. The maximum Gasteiger partial charge on any atom is 0.303 e. The molecule has 0 saturated heterocycles. The molecule has 0 aliphatic heterocycles. The van der Waals surface area contributed by atoms with E-state index in [0.29, 0.717) is 5.56 Å². The topological polar surface area (TPSA) is 54.4 Å². The van der Waals surface area contributed by atoms with Crippen LogP contribution in [0.3, 0.4) is 0 Å². The van der Waals surface area contributed by atoms with Gasteiger partial charge >= 0.3 is 5.97 Å². The molecule has 104 valence electrons. The Kier molecular flexibility index (Phi) is 4.88. The maximum absolute atomic E-state index is 12.2. The number of benzene rings is 1. The molecule has 2 rings (SSSR count). The van der Waals surface area contributed by atoms with Gasteiger partial charge in [-0.05, 0) is 18.3 Å². The van der Waals surface area contributed by atoms with Crippen molar-refractivity contribution in [3.8, 4) is 0 Å². The van der Waals surface area contributed by atoms with Crippen molar-refractivity contribution in [1.82, 2.24) is 0 Å². The van der Waals surface area contributed by atoms with Crippen LogP contribution in [0.5, 0.6) is 0 Å². The van der Waals surface area contributed by atoms with Gasteiger partial charge in [-0.2, -0.15) is 0 Å². The van der Waals surface area contributed by atoms with E-state index in [0.717, 1.165) is 6.42 Å². The van der Waals surface area contributed by atoms with Crippen LogP contribution in [0, 0.1) is 11.8 Å². The molecule has 0 spiro atoms. The van der Waals surface area contributed by atoms with Crippen LogP contribution in [-0.2, 0) is 4.79 Å². The van der Waals surface area contributed by atoms with Crippen molar-refractivity contribution in [1.29, 1.82) is 0 Å². The molecule has 20 heavy (non-hydrogen) atoms. The molecular weight excluding hydrogens is 252 g/mol. The number of rotatable bonds is 6. The molecule has 3 heteroatoms. The highest BCUT2D eigenvalue weighted by molar-refractivity contribution is 5.96. The smallest absolute Gasteiger partial charge is 0.303 e. The number of carbonyl (C=O) groups excluding carboxylic acids is 1. The zero-order valence-electron chi connectivity index (χ0n) is 11.2. The number of allylic oxidation sites excluding steroid dienone is 4. The van der Waals surface area contributed by atoms with Crippen LogP contribution in [0.15, 0.2) is 54.6 Å². The summed E-state index contributed by atoms with van der Waals surface area (Å²) in [5.41, 5.74) is 0.651. The molecule has 0 fully saturated rings. The number of Topliss-reactive ketones (excluding diaryl/α,β-unsaturated/α-hetero) is 1. The lowest BCUT2D eigenvalue weighted by Gasteiger charge is -2.23. The van der Waals surface area contributed by atoms with Crippen molar-refractivity contribution in [3.63, 3.8) is 0 Å². The van der Waals surface area contributed by atoms with E-state index in [9.17, 15) is 9.59 Å². The molecule has 0 radical (unpaired) electrons. The Hall–Kier alpha value is -2.16. The summed E-state index contributed by atoms with van der Waals surface area (Å²) < 4.78 is 0. The molecule has 2 atom stereocenters. The molecule has 1 aliphatic carbocycles. The van der Waals surface area contributed by atoms with Crippen LogP contribution in [0.2, 0.25) is 0 Å². The Bertz CT molecular complexity index is 528.